The molecule has 1 aromatic heterocycles. The summed E-state index contributed by atoms with van der Waals surface area (Å²) in [7, 11) is 1.31. The number of hydrogen-bond acceptors (Lipinski definition) is 6. The molecule has 3 aromatic rings. The average molecular weight is 413 g/mol. The fraction of sp³-hybridized carbons (Fsp3) is 0.0526. The molecule has 0 aliphatic rings. The maximum atomic E-state index is 12.1. The van der Waals surface area contributed by atoms with Crippen molar-refractivity contribution < 1.29 is 14.5 Å². The van der Waals surface area contributed by atoms with Crippen molar-refractivity contribution in [3.63, 3.8) is 0 Å². The van der Waals surface area contributed by atoms with Gasteiger partial charge in [-0.15, -0.1) is 11.3 Å². The largest absolute Gasteiger partial charge is 0.465 e. The smallest absolute Gasteiger partial charge is 0.340 e. The third-order valence-corrected chi connectivity index (χ3v) is 5.04. The van der Waals surface area contributed by atoms with E-state index in [1.54, 1.807) is 18.2 Å². The van der Waals surface area contributed by atoms with Crippen LogP contribution in [0.2, 0.25) is 0 Å². The Balaban J connectivity index is 1.83. The second-order valence-corrected chi connectivity index (χ2v) is 7.06. The van der Waals surface area contributed by atoms with E-state index in [4.69, 9.17) is 17.0 Å². The SMILES string of the molecule is COC(=O)c1cc(-c2ccccc2)sc1NC(=S)Nc1cccc([N+](=O)[O-])c1. The van der Waals surface area contributed by atoms with Crippen LogP contribution in [0, 0.1) is 10.1 Å². The zero-order valence-corrected chi connectivity index (χ0v) is 16.3. The number of nitrogens with one attached hydrogen (secondary N) is 2. The zero-order chi connectivity index (χ0) is 20.1. The summed E-state index contributed by atoms with van der Waals surface area (Å²) in [5.41, 5.74) is 1.73. The van der Waals surface area contributed by atoms with Gasteiger partial charge in [-0.25, -0.2) is 4.79 Å². The lowest BCUT2D eigenvalue weighted by molar-refractivity contribution is -0.384. The summed E-state index contributed by atoms with van der Waals surface area (Å²) in [5, 5.41) is 17.5. The van der Waals surface area contributed by atoms with Crippen LogP contribution in [0.15, 0.2) is 60.7 Å². The Labute approximate surface area is 170 Å². The van der Waals surface area contributed by atoms with Crippen molar-refractivity contribution in [2.24, 2.45) is 0 Å². The lowest BCUT2D eigenvalue weighted by Gasteiger charge is -2.10. The van der Waals surface area contributed by atoms with Crippen LogP contribution >= 0.6 is 23.6 Å². The summed E-state index contributed by atoms with van der Waals surface area (Å²) in [4.78, 5) is 23.4. The first-order valence-corrected chi connectivity index (χ1v) is 9.30. The minimum atomic E-state index is -0.487. The summed E-state index contributed by atoms with van der Waals surface area (Å²) in [6, 6.07) is 17.3. The van der Waals surface area contributed by atoms with Crippen molar-refractivity contribution in [2.75, 3.05) is 17.7 Å². The molecule has 7 nitrogen and oxygen atoms in total. The number of carbonyl (C=O) groups is 1. The molecule has 9 heteroatoms. The summed E-state index contributed by atoms with van der Waals surface area (Å²) in [6.45, 7) is 0. The number of rotatable bonds is 5. The molecule has 0 aliphatic heterocycles. The van der Waals surface area contributed by atoms with E-state index in [9.17, 15) is 14.9 Å². The van der Waals surface area contributed by atoms with Crippen molar-refractivity contribution in [1.29, 1.82) is 0 Å². The first kappa shape index (κ1) is 19.5. The van der Waals surface area contributed by atoms with Crippen molar-refractivity contribution in [1.82, 2.24) is 0 Å². The van der Waals surface area contributed by atoms with Crippen LogP contribution in [0.4, 0.5) is 16.4 Å². The van der Waals surface area contributed by atoms with Gasteiger partial charge >= 0.3 is 5.97 Å². The molecule has 0 amide bonds. The Kier molecular flexibility index (Phi) is 5.97. The molecule has 142 valence electrons. The monoisotopic (exact) mass is 413 g/mol. The number of anilines is 2. The summed E-state index contributed by atoms with van der Waals surface area (Å²) in [5.74, 6) is -0.487. The molecule has 2 N–H and O–H groups in total. The van der Waals surface area contributed by atoms with E-state index in [0.717, 1.165) is 10.4 Å². The van der Waals surface area contributed by atoms with Gasteiger partial charge in [-0.2, -0.15) is 0 Å². The predicted octanol–water partition coefficient (Wildman–Crippen LogP) is 4.92. The van der Waals surface area contributed by atoms with Gasteiger partial charge in [0.1, 0.15) is 5.00 Å². The van der Waals surface area contributed by atoms with Crippen LogP contribution in [-0.2, 0) is 4.74 Å². The fourth-order valence-electron chi connectivity index (χ4n) is 2.45. The number of nitro groups is 1. The van der Waals surface area contributed by atoms with Crippen LogP contribution in [0.3, 0.4) is 0 Å². The molecule has 0 bridgehead atoms. The number of hydrogen-bond donors (Lipinski definition) is 2. The highest BCUT2D eigenvalue weighted by Gasteiger charge is 2.18. The highest BCUT2D eigenvalue weighted by atomic mass is 32.1. The third-order valence-electron chi connectivity index (χ3n) is 3.74. The van der Waals surface area contributed by atoms with Gasteiger partial charge in [0.25, 0.3) is 5.69 Å². The van der Waals surface area contributed by atoms with Crippen molar-refractivity contribution >= 4 is 51.0 Å². The number of benzene rings is 2. The van der Waals surface area contributed by atoms with Gasteiger partial charge in [-0.3, -0.25) is 10.1 Å². The van der Waals surface area contributed by atoms with Crippen LogP contribution in [-0.4, -0.2) is 23.1 Å². The predicted molar refractivity (Wildman–Crippen MR) is 114 cm³/mol. The van der Waals surface area contributed by atoms with E-state index in [1.165, 1.54) is 30.6 Å². The van der Waals surface area contributed by atoms with Crippen molar-refractivity contribution in [3.05, 3.63) is 76.3 Å². The molecule has 0 fully saturated rings. The normalized spacial score (nSPS) is 10.2. The van der Waals surface area contributed by atoms with Crippen LogP contribution in [0.5, 0.6) is 0 Å². The number of nitro benzene ring substituents is 1. The molecule has 0 aliphatic carbocycles. The fourth-order valence-corrected chi connectivity index (χ4v) is 3.79. The first-order chi connectivity index (χ1) is 13.5. The van der Waals surface area contributed by atoms with Gasteiger partial charge in [0.05, 0.1) is 17.6 Å². The van der Waals surface area contributed by atoms with E-state index < -0.39 is 10.9 Å². The molecule has 0 unspecified atom stereocenters. The van der Waals surface area contributed by atoms with Crippen molar-refractivity contribution in [2.45, 2.75) is 0 Å². The number of methoxy groups -OCH3 is 1. The highest BCUT2D eigenvalue weighted by molar-refractivity contribution is 7.80. The van der Waals surface area contributed by atoms with E-state index in [-0.39, 0.29) is 10.8 Å². The lowest BCUT2D eigenvalue weighted by atomic mass is 10.1. The Morgan fingerprint density at radius 3 is 2.54 bits per heavy atom. The molecule has 0 spiro atoms. The number of thiocarbonyl (C=S) groups is 1. The molecular formula is C19H15N3O4S2. The Hall–Kier alpha value is -3.30. The first-order valence-electron chi connectivity index (χ1n) is 8.08. The molecule has 28 heavy (non-hydrogen) atoms. The van der Waals surface area contributed by atoms with E-state index in [0.29, 0.717) is 16.3 Å². The van der Waals surface area contributed by atoms with Crippen LogP contribution in [0.25, 0.3) is 10.4 Å². The Morgan fingerprint density at radius 2 is 1.86 bits per heavy atom. The number of esters is 1. The van der Waals surface area contributed by atoms with Gasteiger partial charge in [0.15, 0.2) is 5.11 Å². The maximum Gasteiger partial charge on any atom is 0.340 e. The number of non-ortho nitro benzene ring substituents is 1. The standard InChI is InChI=1S/C19H15N3O4S2/c1-26-18(23)15-11-16(12-6-3-2-4-7-12)28-17(15)21-19(27)20-13-8-5-9-14(10-13)22(24)25/h2-11H,1H3,(H2,20,21,27). The minimum absolute atomic E-state index is 0.0504. The van der Waals surface area contributed by atoms with Gasteiger partial charge in [-0.05, 0) is 29.9 Å². The third kappa shape index (κ3) is 4.51. The molecule has 0 radical (unpaired) electrons. The lowest BCUT2D eigenvalue weighted by Crippen LogP contribution is -2.19. The van der Waals surface area contributed by atoms with Gasteiger partial charge in [-0.1, -0.05) is 36.4 Å². The van der Waals surface area contributed by atoms with Gasteiger partial charge in [0.2, 0.25) is 0 Å². The second kappa shape index (κ2) is 8.59. The maximum absolute atomic E-state index is 12.1. The Bertz CT molecular complexity index is 1030. The molecule has 1 heterocycles. The topological polar surface area (TPSA) is 93.5 Å². The minimum Gasteiger partial charge on any atom is -0.465 e. The van der Waals surface area contributed by atoms with Gasteiger partial charge < -0.3 is 15.4 Å². The number of ether oxygens (including phenoxy) is 1. The summed E-state index contributed by atoms with van der Waals surface area (Å²) in [6.07, 6.45) is 0. The van der Waals surface area contributed by atoms with E-state index in [2.05, 4.69) is 10.6 Å². The van der Waals surface area contributed by atoms with Gasteiger partial charge in [0, 0.05) is 22.7 Å². The number of thiophene rings is 1. The second-order valence-electron chi connectivity index (χ2n) is 5.60. The molecule has 0 saturated heterocycles. The summed E-state index contributed by atoms with van der Waals surface area (Å²) < 4.78 is 4.86. The molecule has 3 rings (SSSR count). The summed E-state index contributed by atoms with van der Waals surface area (Å²) >= 11 is 6.65. The molecule has 2 aromatic carbocycles. The quantitative estimate of drug-likeness (QED) is 0.265. The zero-order valence-electron chi connectivity index (χ0n) is 14.7. The van der Waals surface area contributed by atoms with Crippen molar-refractivity contribution in [3.8, 4) is 10.4 Å². The van der Waals surface area contributed by atoms with E-state index >= 15 is 0 Å². The van der Waals surface area contributed by atoms with Crippen LogP contribution < -0.4 is 10.6 Å². The molecule has 0 saturated carbocycles. The molecular weight excluding hydrogens is 398 g/mol. The number of nitrogens with zero attached hydrogens (tertiary/aromatic N) is 1. The number of carbonyl (C=O) groups excluding carboxylic acids is 1. The van der Waals surface area contributed by atoms with E-state index in [1.807, 2.05) is 30.3 Å². The molecule has 0 atom stereocenters. The van der Waals surface area contributed by atoms with Crippen LogP contribution in [0.1, 0.15) is 10.4 Å². The highest BCUT2D eigenvalue weighted by Crippen LogP contribution is 2.36. The Morgan fingerprint density at radius 1 is 1.11 bits per heavy atom. The average Bonchev–Trinajstić information content (AvgIpc) is 3.11.